The molecule has 1 aromatic carbocycles. The minimum absolute atomic E-state index is 0.154. The Hall–Kier alpha value is -2.41. The highest BCUT2D eigenvalue weighted by Crippen LogP contribution is 2.40. The second-order valence-electron chi connectivity index (χ2n) is 5.22. The highest BCUT2D eigenvalue weighted by atomic mass is 16.2. The third-order valence-electron chi connectivity index (χ3n) is 4.01. The van der Waals surface area contributed by atoms with E-state index in [1.807, 2.05) is 30.3 Å². The van der Waals surface area contributed by atoms with Gasteiger partial charge in [-0.2, -0.15) is 5.26 Å². The predicted molar refractivity (Wildman–Crippen MR) is 75.5 cm³/mol. The van der Waals surface area contributed by atoms with Crippen molar-refractivity contribution in [1.29, 1.82) is 5.26 Å². The molecule has 20 heavy (non-hydrogen) atoms. The molecule has 100 valence electrons. The Morgan fingerprint density at radius 3 is 2.85 bits per heavy atom. The molecule has 2 aromatic rings. The summed E-state index contributed by atoms with van der Waals surface area (Å²) >= 11 is 0. The summed E-state index contributed by atoms with van der Waals surface area (Å²) in [5.74, 6) is -0.154. The summed E-state index contributed by atoms with van der Waals surface area (Å²) in [5, 5.41) is 13.1. The van der Waals surface area contributed by atoms with Gasteiger partial charge in [0.25, 0.3) is 0 Å². The van der Waals surface area contributed by atoms with E-state index in [0.717, 1.165) is 22.9 Å². The van der Waals surface area contributed by atoms with Crippen molar-refractivity contribution in [3.8, 4) is 6.07 Å². The first kappa shape index (κ1) is 12.6. The average Bonchev–Trinajstić information content (AvgIpc) is 2.44. The van der Waals surface area contributed by atoms with E-state index in [1.54, 1.807) is 6.20 Å². The number of hydrogen-bond acceptors (Lipinski definition) is 3. The predicted octanol–water partition coefficient (Wildman–Crippen LogP) is 2.54. The minimum Gasteiger partial charge on any atom is -0.351 e. The summed E-state index contributed by atoms with van der Waals surface area (Å²) in [4.78, 5) is 16.5. The number of hydrogen-bond donors (Lipinski definition) is 1. The zero-order valence-electron chi connectivity index (χ0n) is 11.1. The molecule has 4 nitrogen and oxygen atoms in total. The van der Waals surface area contributed by atoms with Gasteiger partial charge in [-0.05, 0) is 30.9 Å². The molecule has 3 rings (SSSR count). The number of fused-ring (bicyclic) bond motifs is 1. The molecule has 0 saturated heterocycles. The molecule has 0 unspecified atom stereocenters. The summed E-state index contributed by atoms with van der Waals surface area (Å²) in [5.41, 5.74) is 1.08. The van der Waals surface area contributed by atoms with Crippen molar-refractivity contribution in [1.82, 2.24) is 10.3 Å². The lowest BCUT2D eigenvalue weighted by Crippen LogP contribution is -2.44. The number of amides is 1. The van der Waals surface area contributed by atoms with Gasteiger partial charge in [0.1, 0.15) is 5.41 Å². The van der Waals surface area contributed by atoms with Crippen LogP contribution in [0.4, 0.5) is 0 Å². The van der Waals surface area contributed by atoms with Crippen molar-refractivity contribution >= 4 is 16.8 Å². The Balaban J connectivity index is 1.78. The number of benzene rings is 1. The van der Waals surface area contributed by atoms with Gasteiger partial charge in [-0.25, -0.2) is 0 Å². The van der Waals surface area contributed by atoms with Gasteiger partial charge < -0.3 is 5.32 Å². The fraction of sp³-hybridized carbons (Fsp3) is 0.312. The Kier molecular flexibility index (Phi) is 3.11. The largest absolute Gasteiger partial charge is 0.351 e. The molecule has 0 radical (unpaired) electrons. The summed E-state index contributed by atoms with van der Waals surface area (Å²) in [6.45, 7) is 0.413. The van der Waals surface area contributed by atoms with Gasteiger partial charge in [0.05, 0.1) is 11.6 Å². The number of rotatable bonds is 3. The highest BCUT2D eigenvalue weighted by Gasteiger charge is 2.44. The van der Waals surface area contributed by atoms with Gasteiger partial charge in [-0.3, -0.25) is 9.78 Å². The van der Waals surface area contributed by atoms with Crippen molar-refractivity contribution < 1.29 is 4.79 Å². The van der Waals surface area contributed by atoms with Gasteiger partial charge in [0, 0.05) is 18.1 Å². The molecule has 1 heterocycles. The van der Waals surface area contributed by atoms with E-state index in [0.29, 0.717) is 19.4 Å². The molecule has 1 amide bonds. The van der Waals surface area contributed by atoms with Crippen molar-refractivity contribution in [2.45, 2.75) is 25.8 Å². The molecule has 1 N–H and O–H groups in total. The quantitative estimate of drug-likeness (QED) is 0.927. The standard InChI is InChI=1S/C16H15N3O/c17-11-16(7-3-8-16)15(20)19-10-13-5-1-4-12-6-2-9-18-14(12)13/h1-2,4-6,9H,3,7-8,10H2,(H,19,20). The number of para-hydroxylation sites is 1. The van der Waals surface area contributed by atoms with Gasteiger partial charge in [-0.1, -0.05) is 24.3 Å². The van der Waals surface area contributed by atoms with Gasteiger partial charge in [0.2, 0.25) is 5.91 Å². The second kappa shape index (κ2) is 4.93. The van der Waals surface area contributed by atoms with E-state index in [2.05, 4.69) is 16.4 Å². The number of aromatic nitrogens is 1. The average molecular weight is 265 g/mol. The molecule has 0 spiro atoms. The monoisotopic (exact) mass is 265 g/mol. The lowest BCUT2D eigenvalue weighted by Gasteiger charge is -2.33. The molecule has 0 aliphatic heterocycles. The molecule has 0 atom stereocenters. The van der Waals surface area contributed by atoms with Crippen LogP contribution >= 0.6 is 0 Å². The summed E-state index contributed by atoms with van der Waals surface area (Å²) < 4.78 is 0. The van der Waals surface area contributed by atoms with Crippen LogP contribution in [-0.2, 0) is 11.3 Å². The van der Waals surface area contributed by atoms with Gasteiger partial charge >= 0.3 is 0 Å². The zero-order chi connectivity index (χ0) is 14.0. The van der Waals surface area contributed by atoms with E-state index in [1.165, 1.54) is 0 Å². The number of carbonyl (C=O) groups is 1. The maximum Gasteiger partial charge on any atom is 0.240 e. The van der Waals surface area contributed by atoms with E-state index >= 15 is 0 Å². The van der Waals surface area contributed by atoms with E-state index < -0.39 is 5.41 Å². The summed E-state index contributed by atoms with van der Waals surface area (Å²) in [6, 6.07) is 12.0. The van der Waals surface area contributed by atoms with Crippen LogP contribution in [0.1, 0.15) is 24.8 Å². The van der Waals surface area contributed by atoms with Gasteiger partial charge in [0.15, 0.2) is 0 Å². The topological polar surface area (TPSA) is 65.8 Å². The first-order chi connectivity index (χ1) is 9.75. The van der Waals surface area contributed by atoms with E-state index in [-0.39, 0.29) is 5.91 Å². The lowest BCUT2D eigenvalue weighted by molar-refractivity contribution is -0.131. The third kappa shape index (κ3) is 2.01. The Bertz CT molecular complexity index is 693. The van der Waals surface area contributed by atoms with Gasteiger partial charge in [-0.15, -0.1) is 0 Å². The molecule has 1 aliphatic rings. The second-order valence-corrected chi connectivity index (χ2v) is 5.22. The molecule has 0 bridgehead atoms. The molecule has 1 fully saturated rings. The first-order valence-corrected chi connectivity index (χ1v) is 6.77. The molecule has 1 aliphatic carbocycles. The van der Waals surface area contributed by atoms with Crippen molar-refractivity contribution in [3.05, 3.63) is 42.1 Å². The number of pyridine rings is 1. The molecular formula is C16H15N3O. The maximum atomic E-state index is 12.1. The summed E-state index contributed by atoms with van der Waals surface area (Å²) in [6.07, 6.45) is 4.04. The van der Waals surface area contributed by atoms with Crippen LogP contribution in [0.25, 0.3) is 10.9 Å². The fourth-order valence-electron chi connectivity index (χ4n) is 2.57. The number of carbonyl (C=O) groups excluding carboxylic acids is 1. The van der Waals surface area contributed by atoms with E-state index in [4.69, 9.17) is 5.26 Å². The number of nitrogens with zero attached hydrogens (tertiary/aromatic N) is 2. The third-order valence-corrected chi connectivity index (χ3v) is 4.01. The van der Waals surface area contributed by atoms with Crippen LogP contribution < -0.4 is 5.32 Å². The summed E-state index contributed by atoms with van der Waals surface area (Å²) in [7, 11) is 0. The van der Waals surface area contributed by atoms with Crippen LogP contribution in [0, 0.1) is 16.7 Å². The smallest absolute Gasteiger partial charge is 0.240 e. The van der Waals surface area contributed by atoms with Crippen LogP contribution in [0.2, 0.25) is 0 Å². The number of nitrogens with one attached hydrogen (secondary N) is 1. The van der Waals surface area contributed by atoms with Crippen molar-refractivity contribution in [2.75, 3.05) is 0 Å². The van der Waals surface area contributed by atoms with Crippen LogP contribution in [-0.4, -0.2) is 10.9 Å². The molecular weight excluding hydrogens is 250 g/mol. The van der Waals surface area contributed by atoms with Crippen molar-refractivity contribution in [2.24, 2.45) is 5.41 Å². The molecule has 1 saturated carbocycles. The SMILES string of the molecule is N#CC1(C(=O)NCc2cccc3cccnc23)CCC1. The van der Waals surface area contributed by atoms with Crippen LogP contribution in [0.15, 0.2) is 36.5 Å². The minimum atomic E-state index is -0.794. The zero-order valence-corrected chi connectivity index (χ0v) is 11.1. The van der Waals surface area contributed by atoms with Crippen LogP contribution in [0.3, 0.4) is 0 Å². The normalized spacial score (nSPS) is 16.1. The van der Waals surface area contributed by atoms with E-state index in [9.17, 15) is 4.79 Å². The Morgan fingerprint density at radius 1 is 1.35 bits per heavy atom. The Morgan fingerprint density at radius 2 is 2.15 bits per heavy atom. The molecule has 1 aromatic heterocycles. The van der Waals surface area contributed by atoms with Crippen molar-refractivity contribution in [3.63, 3.8) is 0 Å². The number of nitriles is 1. The molecule has 4 heteroatoms. The van der Waals surface area contributed by atoms with Crippen LogP contribution in [0.5, 0.6) is 0 Å². The lowest BCUT2D eigenvalue weighted by atomic mass is 9.69. The Labute approximate surface area is 117 Å². The maximum absolute atomic E-state index is 12.1. The first-order valence-electron chi connectivity index (χ1n) is 6.77. The highest BCUT2D eigenvalue weighted by molar-refractivity contribution is 5.87. The fourth-order valence-corrected chi connectivity index (χ4v) is 2.57.